The molecule has 0 aromatic heterocycles. The van der Waals surface area contributed by atoms with Gasteiger partial charge in [0.25, 0.3) is 0 Å². The van der Waals surface area contributed by atoms with Crippen LogP contribution in [0.4, 0.5) is 4.79 Å². The molecule has 0 aliphatic rings. The molecule has 0 saturated carbocycles. The van der Waals surface area contributed by atoms with E-state index in [-0.39, 0.29) is 18.5 Å². The zero-order valence-electron chi connectivity index (χ0n) is 16.0. The summed E-state index contributed by atoms with van der Waals surface area (Å²) in [7, 11) is 3.11. The van der Waals surface area contributed by atoms with Crippen LogP contribution in [0.15, 0.2) is 0 Å². The van der Waals surface area contributed by atoms with E-state index in [1.54, 1.807) is 7.05 Å². The van der Waals surface area contributed by atoms with E-state index in [1.807, 2.05) is 13.8 Å². The molecule has 0 aromatic rings. The molecule has 0 N–H and O–H groups in total. The number of rotatable bonds is 13. The van der Waals surface area contributed by atoms with E-state index in [2.05, 4.69) is 6.92 Å². The second-order valence-corrected chi connectivity index (χ2v) is 6.45. The molecule has 0 aliphatic heterocycles. The van der Waals surface area contributed by atoms with Gasteiger partial charge in [0.1, 0.15) is 12.6 Å². The first-order chi connectivity index (χ1) is 11.4. The van der Waals surface area contributed by atoms with Crippen LogP contribution in [-0.2, 0) is 19.0 Å². The molecule has 6 heteroatoms. The van der Waals surface area contributed by atoms with E-state index < -0.39 is 12.1 Å². The summed E-state index contributed by atoms with van der Waals surface area (Å²) in [6.45, 7) is 7.09. The molecule has 0 aliphatic carbocycles. The van der Waals surface area contributed by atoms with Crippen molar-refractivity contribution in [2.24, 2.45) is 5.92 Å². The molecule has 0 rings (SSSR count). The molecule has 0 bridgehead atoms. The third-order valence-electron chi connectivity index (χ3n) is 3.73. The summed E-state index contributed by atoms with van der Waals surface area (Å²) in [6.07, 6.45) is 5.50. The lowest BCUT2D eigenvalue weighted by Gasteiger charge is -2.27. The van der Waals surface area contributed by atoms with Crippen LogP contribution in [0.3, 0.4) is 0 Å². The number of carbonyl (C=O) groups excluding carboxylic acids is 2. The maximum absolute atomic E-state index is 12.3. The minimum Gasteiger partial charge on any atom is -0.464 e. The molecular weight excluding hydrogens is 310 g/mol. The largest absolute Gasteiger partial charge is 0.464 e. The van der Waals surface area contributed by atoms with Gasteiger partial charge in [-0.3, -0.25) is 4.90 Å². The van der Waals surface area contributed by atoms with Crippen molar-refractivity contribution < 1.29 is 23.8 Å². The van der Waals surface area contributed by atoms with Gasteiger partial charge < -0.3 is 14.2 Å². The van der Waals surface area contributed by atoms with Gasteiger partial charge in [-0.2, -0.15) is 0 Å². The first-order valence-electron chi connectivity index (χ1n) is 8.99. The van der Waals surface area contributed by atoms with Crippen LogP contribution in [0, 0.1) is 5.92 Å². The smallest absolute Gasteiger partial charge is 0.410 e. The minimum atomic E-state index is -0.615. The summed E-state index contributed by atoms with van der Waals surface area (Å²) in [5, 5.41) is 0. The van der Waals surface area contributed by atoms with Gasteiger partial charge in [-0.15, -0.1) is 0 Å². The molecule has 1 unspecified atom stereocenters. The molecule has 0 saturated heterocycles. The molecule has 6 nitrogen and oxygen atoms in total. The summed E-state index contributed by atoms with van der Waals surface area (Å²) in [5.74, 6) is -0.0910. The number of ether oxygens (including phenoxy) is 3. The van der Waals surface area contributed by atoms with E-state index in [0.717, 1.165) is 19.3 Å². The summed E-state index contributed by atoms with van der Waals surface area (Å²) < 4.78 is 15.3. The van der Waals surface area contributed by atoms with Gasteiger partial charge in [-0.1, -0.05) is 46.5 Å². The zero-order valence-corrected chi connectivity index (χ0v) is 16.0. The highest BCUT2D eigenvalue weighted by Gasteiger charge is 2.29. The molecule has 0 fully saturated rings. The summed E-state index contributed by atoms with van der Waals surface area (Å²) >= 11 is 0. The fourth-order valence-electron chi connectivity index (χ4n) is 2.27. The Bertz CT molecular complexity index is 346. The summed E-state index contributed by atoms with van der Waals surface area (Å²) in [4.78, 5) is 25.7. The Morgan fingerprint density at radius 1 is 0.958 bits per heavy atom. The second-order valence-electron chi connectivity index (χ2n) is 6.45. The topological polar surface area (TPSA) is 65.1 Å². The highest BCUT2D eigenvalue weighted by molar-refractivity contribution is 5.81. The molecule has 0 heterocycles. The Morgan fingerprint density at radius 2 is 1.62 bits per heavy atom. The number of hydrogen-bond donors (Lipinski definition) is 0. The lowest BCUT2D eigenvalue weighted by Crippen LogP contribution is -2.44. The molecule has 1 amide bonds. The van der Waals surface area contributed by atoms with E-state index in [4.69, 9.17) is 14.2 Å². The van der Waals surface area contributed by atoms with E-state index >= 15 is 0 Å². The van der Waals surface area contributed by atoms with Gasteiger partial charge in [0.2, 0.25) is 0 Å². The van der Waals surface area contributed by atoms with E-state index in [0.29, 0.717) is 19.6 Å². The average Bonchev–Trinajstić information content (AvgIpc) is 2.54. The Labute approximate surface area is 146 Å². The monoisotopic (exact) mass is 345 g/mol. The number of nitrogens with zero attached hydrogens (tertiary/aromatic N) is 1. The average molecular weight is 345 g/mol. The number of unbranched alkanes of at least 4 members (excludes halogenated alkanes) is 4. The van der Waals surface area contributed by atoms with Gasteiger partial charge in [-0.25, -0.2) is 9.59 Å². The molecule has 142 valence electrons. The number of likely N-dealkylation sites (N-methyl/N-ethyl adjacent to an activating group) is 1. The van der Waals surface area contributed by atoms with E-state index in [1.165, 1.54) is 24.9 Å². The van der Waals surface area contributed by atoms with Crippen molar-refractivity contribution in [3.05, 3.63) is 0 Å². The quantitative estimate of drug-likeness (QED) is 0.377. The minimum absolute atomic E-state index is 0.167. The zero-order chi connectivity index (χ0) is 18.4. The van der Waals surface area contributed by atoms with Gasteiger partial charge in [-0.05, 0) is 18.8 Å². The fraction of sp³-hybridized carbons (Fsp3) is 0.889. The van der Waals surface area contributed by atoms with E-state index in [9.17, 15) is 9.59 Å². The summed E-state index contributed by atoms with van der Waals surface area (Å²) in [6, 6.07) is -0.615. The molecule has 24 heavy (non-hydrogen) atoms. The molecule has 0 radical (unpaired) electrons. The molecule has 0 aromatic carbocycles. The predicted octanol–water partition coefficient (Wildman–Crippen LogP) is 3.63. The lowest BCUT2D eigenvalue weighted by molar-refractivity contribution is -0.149. The number of hydrogen-bond acceptors (Lipinski definition) is 5. The maximum atomic E-state index is 12.3. The van der Waals surface area contributed by atoms with Crippen LogP contribution in [0.5, 0.6) is 0 Å². The molecular formula is C18H35NO5. The van der Waals surface area contributed by atoms with Crippen LogP contribution in [0.2, 0.25) is 0 Å². The van der Waals surface area contributed by atoms with Gasteiger partial charge in [0.15, 0.2) is 0 Å². The van der Waals surface area contributed by atoms with Crippen LogP contribution < -0.4 is 0 Å². The summed E-state index contributed by atoms with van der Waals surface area (Å²) in [5.41, 5.74) is 0. The second kappa shape index (κ2) is 14.1. The van der Waals surface area contributed by atoms with Crippen LogP contribution in [0.1, 0.15) is 59.3 Å². The van der Waals surface area contributed by atoms with Crippen molar-refractivity contribution >= 4 is 12.1 Å². The highest BCUT2D eigenvalue weighted by Crippen LogP contribution is 2.14. The van der Waals surface area contributed by atoms with Crippen LogP contribution >= 0.6 is 0 Å². The van der Waals surface area contributed by atoms with Gasteiger partial charge in [0.05, 0.1) is 13.2 Å². The van der Waals surface area contributed by atoms with Crippen molar-refractivity contribution in [2.75, 3.05) is 34.0 Å². The molecule has 1 atom stereocenters. The Hall–Kier alpha value is -1.30. The van der Waals surface area contributed by atoms with Gasteiger partial charge in [0, 0.05) is 14.2 Å². The van der Waals surface area contributed by atoms with Crippen molar-refractivity contribution in [3.63, 3.8) is 0 Å². The maximum Gasteiger partial charge on any atom is 0.410 e. The van der Waals surface area contributed by atoms with Crippen LogP contribution in [-0.4, -0.2) is 57.0 Å². The Kier molecular flexibility index (Phi) is 13.3. The Balaban J connectivity index is 4.40. The number of methoxy groups -OCH3 is 1. The normalized spacial score (nSPS) is 12.1. The highest BCUT2D eigenvalue weighted by atomic mass is 16.6. The first-order valence-corrected chi connectivity index (χ1v) is 8.99. The standard InChI is InChI=1S/C18H35NO5/c1-6-7-8-9-10-11-23-17(20)16(14-15(2)3)19(4)18(21)24-13-12-22-5/h15-16H,6-14H2,1-5H3. The first kappa shape index (κ1) is 22.7. The third kappa shape index (κ3) is 10.5. The van der Waals surface area contributed by atoms with Crippen molar-refractivity contribution in [2.45, 2.75) is 65.3 Å². The molecule has 0 spiro atoms. The SMILES string of the molecule is CCCCCCCOC(=O)C(CC(C)C)N(C)C(=O)OCCOC. The van der Waals surface area contributed by atoms with Crippen molar-refractivity contribution in [3.8, 4) is 0 Å². The third-order valence-corrected chi connectivity index (χ3v) is 3.73. The number of carbonyl (C=O) groups is 2. The van der Waals surface area contributed by atoms with Gasteiger partial charge >= 0.3 is 12.1 Å². The predicted molar refractivity (Wildman–Crippen MR) is 93.9 cm³/mol. The fourth-order valence-corrected chi connectivity index (χ4v) is 2.27. The number of esters is 1. The van der Waals surface area contributed by atoms with Crippen molar-refractivity contribution in [1.29, 1.82) is 0 Å². The Morgan fingerprint density at radius 3 is 2.21 bits per heavy atom. The lowest BCUT2D eigenvalue weighted by atomic mass is 10.0. The van der Waals surface area contributed by atoms with Crippen LogP contribution in [0.25, 0.3) is 0 Å². The number of amides is 1. The van der Waals surface area contributed by atoms with Crippen molar-refractivity contribution in [1.82, 2.24) is 4.90 Å².